The van der Waals surface area contributed by atoms with Crippen LogP contribution in [0.1, 0.15) is 30.9 Å². The average molecular weight is 422 g/mol. The fourth-order valence-electron chi connectivity index (χ4n) is 4.05. The van der Waals surface area contributed by atoms with Gasteiger partial charge in [-0.2, -0.15) is 0 Å². The van der Waals surface area contributed by atoms with Crippen LogP contribution in [0.5, 0.6) is 0 Å². The summed E-state index contributed by atoms with van der Waals surface area (Å²) < 4.78 is 4.25. The van der Waals surface area contributed by atoms with Gasteiger partial charge in [0.15, 0.2) is 5.82 Å². The molecule has 0 aliphatic heterocycles. The van der Waals surface area contributed by atoms with Crippen LogP contribution in [-0.2, 0) is 13.6 Å². The summed E-state index contributed by atoms with van der Waals surface area (Å²) in [7, 11) is 2.07. The molecule has 0 bridgehead atoms. The Balaban J connectivity index is 1.61. The van der Waals surface area contributed by atoms with Crippen molar-refractivity contribution in [3.63, 3.8) is 0 Å². The number of rotatable bonds is 6. The molecule has 2 heterocycles. The first-order chi connectivity index (χ1) is 15.6. The molecule has 0 aliphatic carbocycles. The molecule has 1 N–H and O–H groups in total. The maximum Gasteiger partial charge on any atom is 0.229 e. The van der Waals surface area contributed by atoms with Crippen LogP contribution in [0.15, 0.2) is 85.1 Å². The molecule has 0 radical (unpaired) electrons. The number of anilines is 1. The second kappa shape index (κ2) is 8.35. The third kappa shape index (κ3) is 3.78. The molecule has 0 spiro atoms. The van der Waals surface area contributed by atoms with E-state index in [1.807, 2.05) is 18.2 Å². The van der Waals surface area contributed by atoms with E-state index in [2.05, 4.69) is 112 Å². The van der Waals surface area contributed by atoms with Crippen molar-refractivity contribution in [2.24, 2.45) is 7.05 Å². The van der Waals surface area contributed by atoms with Crippen LogP contribution in [0, 0.1) is 0 Å². The highest BCUT2D eigenvalue weighted by atomic mass is 15.4. The van der Waals surface area contributed by atoms with E-state index >= 15 is 0 Å². The van der Waals surface area contributed by atoms with Gasteiger partial charge in [-0.3, -0.25) is 4.57 Å². The lowest BCUT2D eigenvalue weighted by molar-refractivity contribution is 0.866. The number of fused-ring (bicyclic) bond motifs is 1. The molecule has 0 saturated heterocycles. The third-order valence-corrected chi connectivity index (χ3v) is 5.89. The molecular weight excluding hydrogens is 394 g/mol. The highest BCUT2D eigenvalue weighted by molar-refractivity contribution is 5.83. The lowest BCUT2D eigenvalue weighted by Crippen LogP contribution is -2.07. The van der Waals surface area contributed by atoms with Gasteiger partial charge in [0, 0.05) is 36.3 Å². The topological polar surface area (TPSA) is 47.7 Å². The van der Waals surface area contributed by atoms with Gasteiger partial charge in [0.25, 0.3) is 0 Å². The summed E-state index contributed by atoms with van der Waals surface area (Å²) in [6.45, 7) is 5.10. The van der Waals surface area contributed by atoms with Crippen LogP contribution in [0.25, 0.3) is 28.0 Å². The zero-order valence-electron chi connectivity index (χ0n) is 18.7. The maximum absolute atomic E-state index is 4.61. The van der Waals surface area contributed by atoms with E-state index in [4.69, 9.17) is 0 Å². The second-order valence-corrected chi connectivity index (χ2v) is 8.47. The number of hydrogen-bond donors (Lipinski definition) is 1. The van der Waals surface area contributed by atoms with Crippen molar-refractivity contribution in [3.8, 4) is 17.1 Å². The predicted octanol–water partition coefficient (Wildman–Crippen LogP) is 6.16. The zero-order chi connectivity index (χ0) is 22.1. The van der Waals surface area contributed by atoms with Gasteiger partial charge in [-0.1, -0.05) is 62.4 Å². The van der Waals surface area contributed by atoms with Gasteiger partial charge in [-0.25, -0.2) is 0 Å². The number of benzene rings is 3. The predicted molar refractivity (Wildman–Crippen MR) is 131 cm³/mol. The van der Waals surface area contributed by atoms with Crippen LogP contribution in [0.2, 0.25) is 0 Å². The molecule has 5 heteroatoms. The molecule has 0 atom stereocenters. The molecule has 0 amide bonds. The maximum atomic E-state index is 4.61. The lowest BCUT2D eigenvalue weighted by Gasteiger charge is -2.13. The Kier molecular flexibility index (Phi) is 5.23. The summed E-state index contributed by atoms with van der Waals surface area (Å²) in [5.41, 5.74) is 5.78. The van der Waals surface area contributed by atoms with Crippen molar-refractivity contribution in [1.29, 1.82) is 0 Å². The van der Waals surface area contributed by atoms with Crippen LogP contribution < -0.4 is 5.32 Å². The number of nitrogens with one attached hydrogen (secondary N) is 1. The standard InChI is InChI=1S/C27H27N5/c1-19(2)21-10-7-11-23(16-21)26-29-30-27(28-18-20-8-5-4-6-9-20)32(26)24-12-13-25-22(17-24)14-15-31(25)3/h4-17,19H,18H2,1-3H3,(H,28,30). The highest BCUT2D eigenvalue weighted by Gasteiger charge is 2.17. The van der Waals surface area contributed by atoms with Gasteiger partial charge in [0.2, 0.25) is 5.95 Å². The van der Waals surface area contributed by atoms with E-state index in [1.54, 1.807) is 0 Å². The Hall–Kier alpha value is -3.86. The van der Waals surface area contributed by atoms with Crippen molar-refractivity contribution < 1.29 is 0 Å². The molecule has 32 heavy (non-hydrogen) atoms. The molecule has 3 aromatic carbocycles. The molecule has 5 aromatic rings. The molecule has 0 fully saturated rings. The minimum atomic E-state index is 0.447. The minimum absolute atomic E-state index is 0.447. The molecule has 5 nitrogen and oxygen atoms in total. The Morgan fingerprint density at radius 2 is 1.72 bits per heavy atom. The Labute approximate surface area is 188 Å². The van der Waals surface area contributed by atoms with Gasteiger partial charge in [0.1, 0.15) is 0 Å². The van der Waals surface area contributed by atoms with Gasteiger partial charge >= 0.3 is 0 Å². The first kappa shape index (κ1) is 20.1. The van der Waals surface area contributed by atoms with Crippen molar-refractivity contribution in [2.75, 3.05) is 5.32 Å². The first-order valence-electron chi connectivity index (χ1n) is 11.0. The summed E-state index contributed by atoms with van der Waals surface area (Å²) in [5, 5.41) is 13.8. The molecular formula is C27H27N5. The quantitative estimate of drug-likeness (QED) is 0.357. The first-order valence-corrected chi connectivity index (χ1v) is 11.0. The molecule has 2 aromatic heterocycles. The summed E-state index contributed by atoms with van der Waals surface area (Å²) in [6.07, 6.45) is 2.09. The molecule has 5 rings (SSSR count). The second-order valence-electron chi connectivity index (χ2n) is 8.47. The van der Waals surface area contributed by atoms with Crippen LogP contribution in [-0.4, -0.2) is 19.3 Å². The number of aryl methyl sites for hydroxylation is 1. The van der Waals surface area contributed by atoms with Crippen LogP contribution >= 0.6 is 0 Å². The molecule has 160 valence electrons. The van der Waals surface area contributed by atoms with Crippen LogP contribution in [0.4, 0.5) is 5.95 Å². The summed E-state index contributed by atoms with van der Waals surface area (Å²) in [4.78, 5) is 0. The van der Waals surface area contributed by atoms with E-state index in [-0.39, 0.29) is 0 Å². The fraction of sp³-hybridized carbons (Fsp3) is 0.185. The fourth-order valence-corrected chi connectivity index (χ4v) is 4.05. The van der Waals surface area contributed by atoms with E-state index in [0.29, 0.717) is 12.5 Å². The zero-order valence-corrected chi connectivity index (χ0v) is 18.7. The van der Waals surface area contributed by atoms with Crippen molar-refractivity contribution in [1.82, 2.24) is 19.3 Å². The molecule has 0 aliphatic rings. The Bertz CT molecular complexity index is 1360. The van der Waals surface area contributed by atoms with Crippen LogP contribution in [0.3, 0.4) is 0 Å². The number of aromatic nitrogens is 4. The van der Waals surface area contributed by atoms with Crippen molar-refractivity contribution >= 4 is 16.9 Å². The number of hydrogen-bond acceptors (Lipinski definition) is 3. The normalized spacial score (nSPS) is 11.4. The van der Waals surface area contributed by atoms with Crippen molar-refractivity contribution in [3.05, 3.63) is 96.2 Å². The smallest absolute Gasteiger partial charge is 0.229 e. The van der Waals surface area contributed by atoms with Gasteiger partial charge in [-0.15, -0.1) is 10.2 Å². The summed E-state index contributed by atoms with van der Waals surface area (Å²) >= 11 is 0. The SMILES string of the molecule is CC(C)c1cccc(-c2nnc(NCc3ccccc3)n2-c2ccc3c(ccn3C)c2)c1. The van der Waals surface area contributed by atoms with E-state index < -0.39 is 0 Å². The summed E-state index contributed by atoms with van der Waals surface area (Å²) in [6, 6.07) is 27.6. The Morgan fingerprint density at radius 1 is 0.875 bits per heavy atom. The van der Waals surface area contributed by atoms with Gasteiger partial charge in [0.05, 0.1) is 5.69 Å². The highest BCUT2D eigenvalue weighted by Crippen LogP contribution is 2.29. The summed E-state index contributed by atoms with van der Waals surface area (Å²) in [5.74, 6) is 2.01. The monoisotopic (exact) mass is 421 g/mol. The molecule has 0 saturated carbocycles. The minimum Gasteiger partial charge on any atom is -0.351 e. The largest absolute Gasteiger partial charge is 0.351 e. The lowest BCUT2D eigenvalue weighted by atomic mass is 10.0. The van der Waals surface area contributed by atoms with E-state index in [0.717, 1.165) is 23.0 Å². The third-order valence-electron chi connectivity index (χ3n) is 5.89. The Morgan fingerprint density at radius 3 is 2.53 bits per heavy atom. The molecule has 0 unspecified atom stereocenters. The average Bonchev–Trinajstić information content (AvgIpc) is 3.42. The van der Waals surface area contributed by atoms with E-state index in [9.17, 15) is 0 Å². The van der Waals surface area contributed by atoms with Crippen molar-refractivity contribution in [2.45, 2.75) is 26.3 Å². The number of nitrogens with zero attached hydrogens (tertiary/aromatic N) is 4. The van der Waals surface area contributed by atoms with E-state index in [1.165, 1.54) is 22.0 Å². The van der Waals surface area contributed by atoms with Gasteiger partial charge < -0.3 is 9.88 Å². The van der Waals surface area contributed by atoms with Gasteiger partial charge in [-0.05, 0) is 47.4 Å².